The van der Waals surface area contributed by atoms with Crippen molar-refractivity contribution >= 4 is 17.7 Å². The van der Waals surface area contributed by atoms with Gasteiger partial charge < -0.3 is 14.4 Å². The maximum atomic E-state index is 12.5. The second kappa shape index (κ2) is 9.31. The Balaban J connectivity index is 1.97. The van der Waals surface area contributed by atoms with Gasteiger partial charge in [-0.05, 0) is 24.6 Å². The second-order valence-corrected chi connectivity index (χ2v) is 6.25. The van der Waals surface area contributed by atoms with Crippen LogP contribution in [-0.2, 0) is 17.8 Å². The molecule has 7 nitrogen and oxygen atoms in total. The predicted molar refractivity (Wildman–Crippen MR) is 97.1 cm³/mol. The first-order valence-corrected chi connectivity index (χ1v) is 9.12. The fourth-order valence-electron chi connectivity index (χ4n) is 2.29. The summed E-state index contributed by atoms with van der Waals surface area (Å²) in [5.74, 6) is 2.51. The number of rotatable bonds is 9. The van der Waals surface area contributed by atoms with Crippen molar-refractivity contribution in [2.45, 2.75) is 32.0 Å². The molecular formula is C17H24N4O3S. The summed E-state index contributed by atoms with van der Waals surface area (Å²) in [5, 5.41) is 7.55. The van der Waals surface area contributed by atoms with Crippen molar-refractivity contribution in [1.29, 1.82) is 0 Å². The molecule has 8 heteroatoms. The molecule has 0 unspecified atom stereocenters. The van der Waals surface area contributed by atoms with Crippen LogP contribution in [-0.4, -0.2) is 52.5 Å². The van der Waals surface area contributed by atoms with Gasteiger partial charge in [-0.15, -0.1) is 5.10 Å². The lowest BCUT2D eigenvalue weighted by Crippen LogP contribution is -2.31. The van der Waals surface area contributed by atoms with Crippen LogP contribution in [0.15, 0.2) is 23.4 Å². The summed E-state index contributed by atoms with van der Waals surface area (Å²) in [6.07, 6.45) is 0.794. The lowest BCUT2D eigenvalue weighted by molar-refractivity contribution is -0.128. The average molecular weight is 364 g/mol. The van der Waals surface area contributed by atoms with E-state index < -0.39 is 0 Å². The Morgan fingerprint density at radius 2 is 2.00 bits per heavy atom. The number of carbonyl (C=O) groups excluding carboxylic acids is 1. The Hall–Kier alpha value is -2.22. The third kappa shape index (κ3) is 5.12. The SMILES string of the molecule is CCc1nc(SCC(=O)N(CC)Cc2ccc(OC)c(OC)c2)n[nH]1. The number of benzene rings is 1. The third-order valence-corrected chi connectivity index (χ3v) is 4.56. The Labute approximate surface area is 152 Å². The van der Waals surface area contributed by atoms with Crippen LogP contribution in [0.5, 0.6) is 11.5 Å². The Bertz CT molecular complexity index is 705. The van der Waals surface area contributed by atoms with Gasteiger partial charge in [0.2, 0.25) is 11.1 Å². The number of H-pyrrole nitrogens is 1. The van der Waals surface area contributed by atoms with E-state index in [0.29, 0.717) is 35.5 Å². The molecule has 0 saturated carbocycles. The molecule has 136 valence electrons. The van der Waals surface area contributed by atoms with Crippen molar-refractivity contribution in [2.24, 2.45) is 0 Å². The van der Waals surface area contributed by atoms with Crippen molar-refractivity contribution in [3.05, 3.63) is 29.6 Å². The van der Waals surface area contributed by atoms with Crippen LogP contribution in [0.2, 0.25) is 0 Å². The standard InChI is InChI=1S/C17H24N4O3S/c1-5-15-18-17(20-19-15)25-11-16(22)21(6-2)10-12-7-8-13(23-3)14(9-12)24-4/h7-9H,5-6,10-11H2,1-4H3,(H,18,19,20). The normalized spacial score (nSPS) is 10.6. The van der Waals surface area contributed by atoms with Gasteiger partial charge in [-0.25, -0.2) is 4.98 Å². The summed E-state index contributed by atoms with van der Waals surface area (Å²) >= 11 is 1.34. The lowest BCUT2D eigenvalue weighted by Gasteiger charge is -2.21. The average Bonchev–Trinajstić information content (AvgIpc) is 3.12. The number of thioether (sulfide) groups is 1. The minimum absolute atomic E-state index is 0.0464. The number of ether oxygens (including phenoxy) is 2. The van der Waals surface area contributed by atoms with E-state index in [9.17, 15) is 4.79 Å². The maximum Gasteiger partial charge on any atom is 0.233 e. The molecule has 1 heterocycles. The number of amides is 1. The number of nitrogens with zero attached hydrogens (tertiary/aromatic N) is 3. The number of hydrogen-bond acceptors (Lipinski definition) is 6. The lowest BCUT2D eigenvalue weighted by atomic mass is 10.2. The van der Waals surface area contributed by atoms with Gasteiger partial charge in [0.05, 0.1) is 20.0 Å². The molecule has 0 fully saturated rings. The highest BCUT2D eigenvalue weighted by molar-refractivity contribution is 7.99. The topological polar surface area (TPSA) is 80.3 Å². The molecule has 0 aliphatic heterocycles. The summed E-state index contributed by atoms with van der Waals surface area (Å²) in [4.78, 5) is 18.6. The van der Waals surface area contributed by atoms with Crippen molar-refractivity contribution in [1.82, 2.24) is 20.1 Å². The molecule has 0 spiro atoms. The summed E-state index contributed by atoms with van der Waals surface area (Å²) in [5.41, 5.74) is 0.990. The number of methoxy groups -OCH3 is 2. The highest BCUT2D eigenvalue weighted by Crippen LogP contribution is 2.28. The minimum atomic E-state index is 0.0464. The molecule has 25 heavy (non-hydrogen) atoms. The van der Waals surface area contributed by atoms with Gasteiger partial charge >= 0.3 is 0 Å². The number of nitrogens with one attached hydrogen (secondary N) is 1. The Kier molecular flexibility index (Phi) is 7.12. The molecule has 0 atom stereocenters. The van der Waals surface area contributed by atoms with E-state index >= 15 is 0 Å². The summed E-state index contributed by atoms with van der Waals surface area (Å²) < 4.78 is 10.6. The number of hydrogen-bond donors (Lipinski definition) is 1. The van der Waals surface area contributed by atoms with E-state index in [1.165, 1.54) is 11.8 Å². The van der Waals surface area contributed by atoms with Gasteiger partial charge in [-0.1, -0.05) is 24.8 Å². The number of aromatic amines is 1. The largest absolute Gasteiger partial charge is 0.493 e. The quantitative estimate of drug-likeness (QED) is 0.689. The molecule has 1 aromatic heterocycles. The summed E-state index contributed by atoms with van der Waals surface area (Å²) in [7, 11) is 3.20. The number of carbonyl (C=O) groups is 1. The van der Waals surface area contributed by atoms with E-state index in [0.717, 1.165) is 17.8 Å². The monoisotopic (exact) mass is 364 g/mol. The van der Waals surface area contributed by atoms with Gasteiger partial charge in [0.25, 0.3) is 0 Å². The highest BCUT2D eigenvalue weighted by atomic mass is 32.2. The van der Waals surface area contributed by atoms with Crippen LogP contribution in [0.4, 0.5) is 0 Å². The minimum Gasteiger partial charge on any atom is -0.493 e. The smallest absolute Gasteiger partial charge is 0.233 e. The Morgan fingerprint density at radius 3 is 2.60 bits per heavy atom. The second-order valence-electron chi connectivity index (χ2n) is 5.30. The van der Waals surface area contributed by atoms with E-state index in [4.69, 9.17) is 9.47 Å². The van der Waals surface area contributed by atoms with Crippen LogP contribution < -0.4 is 9.47 Å². The molecule has 2 rings (SSSR count). The molecule has 0 bridgehead atoms. The van der Waals surface area contributed by atoms with Crippen LogP contribution in [0.25, 0.3) is 0 Å². The third-order valence-electron chi connectivity index (χ3n) is 3.73. The fourth-order valence-corrected chi connectivity index (χ4v) is 3.01. The van der Waals surface area contributed by atoms with E-state index in [1.54, 1.807) is 19.1 Å². The molecule has 1 aromatic carbocycles. The molecule has 0 radical (unpaired) electrons. The summed E-state index contributed by atoms with van der Waals surface area (Å²) in [6, 6.07) is 5.68. The van der Waals surface area contributed by atoms with Crippen molar-refractivity contribution < 1.29 is 14.3 Å². The van der Waals surface area contributed by atoms with Crippen molar-refractivity contribution in [3.63, 3.8) is 0 Å². The zero-order chi connectivity index (χ0) is 18.2. The fraction of sp³-hybridized carbons (Fsp3) is 0.471. The first-order valence-electron chi connectivity index (χ1n) is 8.14. The first kappa shape index (κ1) is 19.1. The molecular weight excluding hydrogens is 340 g/mol. The van der Waals surface area contributed by atoms with Crippen molar-refractivity contribution in [3.8, 4) is 11.5 Å². The van der Waals surface area contributed by atoms with Crippen LogP contribution in [0.3, 0.4) is 0 Å². The predicted octanol–water partition coefficient (Wildman–Crippen LogP) is 2.53. The summed E-state index contributed by atoms with van der Waals surface area (Å²) in [6.45, 7) is 5.11. The van der Waals surface area contributed by atoms with E-state index in [2.05, 4.69) is 15.2 Å². The number of aryl methyl sites for hydroxylation is 1. The van der Waals surface area contributed by atoms with Gasteiger partial charge in [-0.3, -0.25) is 9.89 Å². The van der Waals surface area contributed by atoms with Gasteiger partial charge in [0, 0.05) is 19.5 Å². The zero-order valence-electron chi connectivity index (χ0n) is 15.0. The van der Waals surface area contributed by atoms with Gasteiger partial charge in [0.1, 0.15) is 5.82 Å². The van der Waals surface area contributed by atoms with Crippen LogP contribution >= 0.6 is 11.8 Å². The van der Waals surface area contributed by atoms with Gasteiger partial charge in [0.15, 0.2) is 11.5 Å². The van der Waals surface area contributed by atoms with Crippen LogP contribution in [0, 0.1) is 0 Å². The highest BCUT2D eigenvalue weighted by Gasteiger charge is 2.15. The zero-order valence-corrected chi connectivity index (χ0v) is 15.9. The van der Waals surface area contributed by atoms with Crippen LogP contribution in [0.1, 0.15) is 25.2 Å². The van der Waals surface area contributed by atoms with E-state index in [1.807, 2.05) is 32.0 Å². The molecule has 0 aliphatic rings. The Morgan fingerprint density at radius 1 is 1.24 bits per heavy atom. The molecule has 1 amide bonds. The molecule has 0 aliphatic carbocycles. The molecule has 0 saturated heterocycles. The molecule has 1 N–H and O–H groups in total. The van der Waals surface area contributed by atoms with E-state index in [-0.39, 0.29) is 5.91 Å². The van der Waals surface area contributed by atoms with Crippen molar-refractivity contribution in [2.75, 3.05) is 26.5 Å². The van der Waals surface area contributed by atoms with Gasteiger partial charge in [-0.2, -0.15) is 0 Å². The first-order chi connectivity index (χ1) is 12.1. The number of aromatic nitrogens is 3. The maximum absolute atomic E-state index is 12.5. The molecule has 2 aromatic rings.